The van der Waals surface area contributed by atoms with Gasteiger partial charge in [-0.3, -0.25) is 4.18 Å². The molecule has 0 saturated carbocycles. The van der Waals surface area contributed by atoms with Crippen LogP contribution in [-0.2, 0) is 14.3 Å². The van der Waals surface area contributed by atoms with Crippen molar-refractivity contribution in [2.45, 2.75) is 25.7 Å². The Morgan fingerprint density at radius 2 is 2.05 bits per heavy atom. The molecule has 0 spiro atoms. The monoisotopic (exact) mass is 346 g/mol. The zero-order chi connectivity index (χ0) is 14.1. The van der Waals surface area contributed by atoms with E-state index in [4.69, 9.17) is 0 Å². The van der Waals surface area contributed by atoms with Crippen LogP contribution in [0.1, 0.15) is 31.2 Å². The average molecular weight is 347 g/mol. The summed E-state index contributed by atoms with van der Waals surface area (Å²) in [4.78, 5) is 0. The standard InChI is InChI=1S/C14H19BrO3S/c1-19(16,17)18-11-6-4-2-3-5-8-13-9-7-10-14(15)12-13/h5,7-10,12H,2-4,6,11H2,1H3/b8-5+. The van der Waals surface area contributed by atoms with E-state index in [0.717, 1.165) is 36.4 Å². The van der Waals surface area contributed by atoms with Crippen molar-refractivity contribution >= 4 is 32.1 Å². The Morgan fingerprint density at radius 3 is 2.74 bits per heavy atom. The molecule has 0 heterocycles. The average Bonchev–Trinajstić information content (AvgIpc) is 2.31. The highest BCUT2D eigenvalue weighted by atomic mass is 79.9. The third-order valence-electron chi connectivity index (χ3n) is 2.47. The Labute approximate surface area is 123 Å². The molecule has 106 valence electrons. The van der Waals surface area contributed by atoms with Crippen LogP contribution in [0.4, 0.5) is 0 Å². The Morgan fingerprint density at radius 1 is 1.26 bits per heavy atom. The predicted octanol–water partition coefficient (Wildman–Crippen LogP) is 4.00. The van der Waals surface area contributed by atoms with Gasteiger partial charge in [0.05, 0.1) is 12.9 Å². The number of hydrogen-bond acceptors (Lipinski definition) is 3. The largest absolute Gasteiger partial charge is 0.270 e. The third kappa shape index (κ3) is 8.97. The van der Waals surface area contributed by atoms with E-state index in [1.54, 1.807) is 0 Å². The van der Waals surface area contributed by atoms with Gasteiger partial charge in [-0.15, -0.1) is 0 Å². The van der Waals surface area contributed by atoms with Crippen LogP contribution < -0.4 is 0 Å². The summed E-state index contributed by atoms with van der Waals surface area (Å²) in [6.07, 6.45) is 9.09. The van der Waals surface area contributed by atoms with Crippen molar-refractivity contribution in [2.75, 3.05) is 12.9 Å². The van der Waals surface area contributed by atoms with Crippen molar-refractivity contribution in [1.29, 1.82) is 0 Å². The first-order chi connectivity index (χ1) is 8.97. The predicted molar refractivity (Wildman–Crippen MR) is 82.4 cm³/mol. The van der Waals surface area contributed by atoms with Gasteiger partial charge in [-0.2, -0.15) is 8.42 Å². The Balaban J connectivity index is 2.11. The second kappa shape index (κ2) is 8.51. The van der Waals surface area contributed by atoms with Crippen LogP contribution in [0.15, 0.2) is 34.8 Å². The summed E-state index contributed by atoms with van der Waals surface area (Å²) >= 11 is 3.43. The van der Waals surface area contributed by atoms with E-state index in [-0.39, 0.29) is 6.61 Å². The molecule has 0 amide bonds. The molecule has 0 fully saturated rings. The molecule has 1 aromatic rings. The fraction of sp³-hybridized carbons (Fsp3) is 0.429. The highest BCUT2D eigenvalue weighted by molar-refractivity contribution is 9.10. The Hall–Kier alpha value is -0.650. The second-order valence-corrected chi connectivity index (χ2v) is 6.89. The van der Waals surface area contributed by atoms with Gasteiger partial charge in [0, 0.05) is 4.47 Å². The summed E-state index contributed by atoms with van der Waals surface area (Å²) < 4.78 is 27.2. The van der Waals surface area contributed by atoms with Crippen LogP contribution in [0.5, 0.6) is 0 Å². The molecule has 0 unspecified atom stereocenters. The van der Waals surface area contributed by atoms with Gasteiger partial charge in [-0.1, -0.05) is 46.6 Å². The summed E-state index contributed by atoms with van der Waals surface area (Å²) in [7, 11) is -3.28. The van der Waals surface area contributed by atoms with E-state index < -0.39 is 10.1 Å². The Kier molecular flexibility index (Phi) is 7.34. The quantitative estimate of drug-likeness (QED) is 0.527. The van der Waals surface area contributed by atoms with Gasteiger partial charge in [-0.05, 0) is 37.0 Å². The lowest BCUT2D eigenvalue weighted by molar-refractivity contribution is 0.310. The van der Waals surface area contributed by atoms with Crippen LogP contribution >= 0.6 is 15.9 Å². The van der Waals surface area contributed by atoms with Gasteiger partial charge in [0.15, 0.2) is 0 Å². The van der Waals surface area contributed by atoms with E-state index in [9.17, 15) is 8.42 Å². The summed E-state index contributed by atoms with van der Waals surface area (Å²) in [6.45, 7) is 0.286. The van der Waals surface area contributed by atoms with Crippen molar-refractivity contribution in [3.8, 4) is 0 Å². The first-order valence-corrected chi connectivity index (χ1v) is 8.85. The maximum absolute atomic E-state index is 10.7. The van der Waals surface area contributed by atoms with Crippen LogP contribution in [0.25, 0.3) is 6.08 Å². The smallest absolute Gasteiger partial charge is 0.264 e. The molecular formula is C14H19BrO3S. The van der Waals surface area contributed by atoms with Crippen molar-refractivity contribution in [3.05, 3.63) is 40.4 Å². The highest BCUT2D eigenvalue weighted by Gasteiger charge is 1.99. The van der Waals surface area contributed by atoms with E-state index in [1.807, 2.05) is 12.1 Å². The van der Waals surface area contributed by atoms with Crippen LogP contribution in [0.3, 0.4) is 0 Å². The number of allylic oxidation sites excluding steroid dienone is 1. The van der Waals surface area contributed by atoms with Crippen LogP contribution in [0, 0.1) is 0 Å². The van der Waals surface area contributed by atoms with Crippen molar-refractivity contribution in [2.24, 2.45) is 0 Å². The molecular weight excluding hydrogens is 328 g/mol. The van der Waals surface area contributed by atoms with Gasteiger partial charge >= 0.3 is 0 Å². The second-order valence-electron chi connectivity index (χ2n) is 4.33. The van der Waals surface area contributed by atoms with E-state index in [1.165, 1.54) is 5.56 Å². The molecule has 0 saturated heterocycles. The van der Waals surface area contributed by atoms with Crippen molar-refractivity contribution in [1.82, 2.24) is 0 Å². The number of hydrogen-bond donors (Lipinski definition) is 0. The minimum absolute atomic E-state index is 0.286. The van der Waals surface area contributed by atoms with Crippen LogP contribution in [-0.4, -0.2) is 21.3 Å². The lowest BCUT2D eigenvalue weighted by atomic mass is 10.1. The van der Waals surface area contributed by atoms with Gasteiger partial charge < -0.3 is 0 Å². The molecule has 0 aromatic heterocycles. The van der Waals surface area contributed by atoms with Gasteiger partial charge in [-0.25, -0.2) is 0 Å². The van der Waals surface area contributed by atoms with E-state index in [2.05, 4.69) is 44.4 Å². The molecule has 0 bridgehead atoms. The third-order valence-corrected chi connectivity index (χ3v) is 3.56. The molecule has 0 radical (unpaired) electrons. The summed E-state index contributed by atoms with van der Waals surface area (Å²) in [5, 5.41) is 0. The number of halogens is 1. The first-order valence-electron chi connectivity index (χ1n) is 6.24. The fourth-order valence-electron chi connectivity index (χ4n) is 1.58. The molecule has 1 aromatic carbocycles. The molecule has 19 heavy (non-hydrogen) atoms. The van der Waals surface area contributed by atoms with Crippen molar-refractivity contribution in [3.63, 3.8) is 0 Å². The van der Waals surface area contributed by atoms with Gasteiger partial charge in [0.2, 0.25) is 0 Å². The van der Waals surface area contributed by atoms with E-state index in [0.29, 0.717) is 0 Å². The van der Waals surface area contributed by atoms with Crippen LogP contribution in [0.2, 0.25) is 0 Å². The molecule has 0 aliphatic carbocycles. The molecule has 1 rings (SSSR count). The minimum atomic E-state index is -3.28. The SMILES string of the molecule is CS(=O)(=O)OCCCCC/C=C/c1cccc(Br)c1. The lowest BCUT2D eigenvalue weighted by Crippen LogP contribution is -2.03. The summed E-state index contributed by atoms with van der Waals surface area (Å²) in [5.41, 5.74) is 1.18. The first kappa shape index (κ1) is 16.4. The number of unbranched alkanes of at least 4 members (excludes halogenated alkanes) is 3. The Bertz CT molecular complexity index is 509. The van der Waals surface area contributed by atoms with E-state index >= 15 is 0 Å². The summed E-state index contributed by atoms with van der Waals surface area (Å²) in [5.74, 6) is 0. The van der Waals surface area contributed by atoms with Crippen molar-refractivity contribution < 1.29 is 12.6 Å². The maximum atomic E-state index is 10.7. The molecule has 0 aliphatic rings. The highest BCUT2D eigenvalue weighted by Crippen LogP contribution is 2.13. The number of benzene rings is 1. The molecule has 0 N–H and O–H groups in total. The zero-order valence-electron chi connectivity index (χ0n) is 11.0. The lowest BCUT2D eigenvalue weighted by Gasteiger charge is -2.00. The molecule has 3 nitrogen and oxygen atoms in total. The summed E-state index contributed by atoms with van der Waals surface area (Å²) in [6, 6.07) is 8.13. The fourth-order valence-corrected chi connectivity index (χ4v) is 2.42. The van der Waals surface area contributed by atoms with Gasteiger partial charge in [0.25, 0.3) is 10.1 Å². The van der Waals surface area contributed by atoms with Gasteiger partial charge in [0.1, 0.15) is 0 Å². The maximum Gasteiger partial charge on any atom is 0.264 e. The molecule has 5 heteroatoms. The normalized spacial score (nSPS) is 12.1. The topological polar surface area (TPSA) is 43.4 Å². The molecule has 0 aliphatic heterocycles. The molecule has 0 atom stereocenters. The zero-order valence-corrected chi connectivity index (χ0v) is 13.4. The minimum Gasteiger partial charge on any atom is -0.270 e. The number of rotatable bonds is 8.